The molecule has 1 amide bonds. The Morgan fingerprint density at radius 3 is 3.00 bits per heavy atom. The van der Waals surface area contributed by atoms with Crippen LogP contribution < -0.4 is 5.73 Å². The molecule has 0 aliphatic carbocycles. The van der Waals surface area contributed by atoms with E-state index in [0.29, 0.717) is 0 Å². The van der Waals surface area contributed by atoms with Crippen LogP contribution in [0.15, 0.2) is 11.0 Å². The van der Waals surface area contributed by atoms with E-state index in [0.717, 1.165) is 36.2 Å². The van der Waals surface area contributed by atoms with E-state index in [4.69, 9.17) is 11.1 Å². The van der Waals surface area contributed by atoms with Crippen molar-refractivity contribution in [2.75, 3.05) is 20.1 Å². The molecule has 0 radical (unpaired) electrons. The normalized spacial score (nSPS) is 18.1. The third-order valence-corrected chi connectivity index (χ3v) is 2.73. The van der Waals surface area contributed by atoms with Gasteiger partial charge in [0, 0.05) is 18.0 Å². The molecule has 0 saturated carbocycles. The summed E-state index contributed by atoms with van der Waals surface area (Å²) in [5, 5.41) is 7.19. The third kappa shape index (κ3) is 3.20. The highest BCUT2D eigenvalue weighted by molar-refractivity contribution is 8.18. The maximum atomic E-state index is 10.6. The molecule has 1 aliphatic heterocycles. The van der Waals surface area contributed by atoms with Crippen LogP contribution in [0.5, 0.6) is 0 Å². The summed E-state index contributed by atoms with van der Waals surface area (Å²) < 4.78 is 0. The summed E-state index contributed by atoms with van der Waals surface area (Å²) in [5.41, 5.74) is 4.96. The Kier molecular flexibility index (Phi) is 3.50. The van der Waals surface area contributed by atoms with Crippen LogP contribution in [0.25, 0.3) is 0 Å². The van der Waals surface area contributed by atoms with Crippen LogP contribution in [-0.4, -0.2) is 36.0 Å². The zero-order valence-corrected chi connectivity index (χ0v) is 8.36. The molecule has 0 saturated heterocycles. The van der Waals surface area contributed by atoms with Crippen molar-refractivity contribution in [3.63, 3.8) is 0 Å². The summed E-state index contributed by atoms with van der Waals surface area (Å²) in [6, 6.07) is 0. The maximum absolute atomic E-state index is 10.6. The zero-order chi connectivity index (χ0) is 9.84. The zero-order valence-electron chi connectivity index (χ0n) is 7.54. The van der Waals surface area contributed by atoms with Crippen molar-refractivity contribution in [1.82, 2.24) is 4.90 Å². The smallest absolute Gasteiger partial charge is 0.273 e. The van der Waals surface area contributed by atoms with Gasteiger partial charge in [0.25, 0.3) is 5.91 Å². The molecule has 0 atom stereocenters. The van der Waals surface area contributed by atoms with Crippen molar-refractivity contribution in [3.05, 3.63) is 11.0 Å². The van der Waals surface area contributed by atoms with Gasteiger partial charge in [-0.3, -0.25) is 10.2 Å². The van der Waals surface area contributed by atoms with Crippen molar-refractivity contribution in [2.24, 2.45) is 5.73 Å². The van der Waals surface area contributed by atoms with Crippen LogP contribution >= 0.6 is 11.8 Å². The lowest BCUT2D eigenvalue weighted by Crippen LogP contribution is -2.26. The number of likely N-dealkylation sites (N-methyl/N-ethyl adjacent to an activating group) is 1. The first-order valence-electron chi connectivity index (χ1n) is 4.03. The van der Waals surface area contributed by atoms with Gasteiger partial charge in [-0.05, 0) is 13.5 Å². The third-order valence-electron chi connectivity index (χ3n) is 1.77. The van der Waals surface area contributed by atoms with Crippen LogP contribution in [-0.2, 0) is 4.79 Å². The first-order valence-corrected chi connectivity index (χ1v) is 4.85. The van der Waals surface area contributed by atoms with E-state index < -0.39 is 5.91 Å². The Hall–Kier alpha value is -0.810. The number of nitrogens with one attached hydrogen (secondary N) is 1. The van der Waals surface area contributed by atoms with Crippen molar-refractivity contribution in [3.8, 4) is 0 Å². The molecule has 0 bridgehead atoms. The van der Waals surface area contributed by atoms with Crippen molar-refractivity contribution >= 4 is 22.7 Å². The number of amides is 1. The molecular formula is C8H13N3OS. The molecule has 5 heteroatoms. The quantitative estimate of drug-likeness (QED) is 0.474. The molecule has 1 aliphatic rings. The molecule has 1 heterocycles. The van der Waals surface area contributed by atoms with Gasteiger partial charge < -0.3 is 10.6 Å². The first kappa shape index (κ1) is 10.3. The minimum Gasteiger partial charge on any atom is -0.364 e. The molecule has 0 unspecified atom stereocenters. The van der Waals surface area contributed by atoms with E-state index in [9.17, 15) is 4.79 Å². The summed E-state index contributed by atoms with van der Waals surface area (Å²) in [4.78, 5) is 13.8. The number of carbonyl (C=O) groups excluding carboxylic acids is 1. The highest BCUT2D eigenvalue weighted by Gasteiger charge is 2.13. The van der Waals surface area contributed by atoms with Gasteiger partial charge in [0.2, 0.25) is 0 Å². The van der Waals surface area contributed by atoms with E-state index >= 15 is 0 Å². The van der Waals surface area contributed by atoms with Gasteiger partial charge in [0.15, 0.2) is 5.04 Å². The Labute approximate surface area is 81.7 Å². The molecule has 72 valence electrons. The summed E-state index contributed by atoms with van der Waals surface area (Å²) in [6.07, 6.45) is 3.03. The molecular weight excluding hydrogens is 186 g/mol. The minimum absolute atomic E-state index is 0.0819. The number of nitrogens with two attached hydrogens (primary N) is 1. The molecule has 1 rings (SSSR count). The number of primary amides is 1. The van der Waals surface area contributed by atoms with Crippen molar-refractivity contribution in [2.45, 2.75) is 6.42 Å². The van der Waals surface area contributed by atoms with Crippen LogP contribution in [0.2, 0.25) is 0 Å². The van der Waals surface area contributed by atoms with E-state index in [1.165, 1.54) is 0 Å². The molecule has 0 aromatic heterocycles. The predicted octanol–water partition coefficient (Wildman–Crippen LogP) is 0.402. The lowest BCUT2D eigenvalue weighted by atomic mass is 10.3. The van der Waals surface area contributed by atoms with E-state index in [-0.39, 0.29) is 5.04 Å². The number of nitrogens with zero attached hydrogens (tertiary/aromatic N) is 1. The van der Waals surface area contributed by atoms with Gasteiger partial charge in [0.1, 0.15) is 0 Å². The van der Waals surface area contributed by atoms with Gasteiger partial charge in [-0.15, -0.1) is 0 Å². The Bertz CT molecular complexity index is 262. The van der Waals surface area contributed by atoms with Gasteiger partial charge in [-0.25, -0.2) is 0 Å². The molecule has 4 nitrogen and oxygen atoms in total. The second kappa shape index (κ2) is 4.43. The summed E-state index contributed by atoms with van der Waals surface area (Å²) in [5.74, 6) is -0.654. The largest absolute Gasteiger partial charge is 0.364 e. The summed E-state index contributed by atoms with van der Waals surface area (Å²) in [7, 11) is 2.02. The SMILES string of the molecule is CN1CCC=C(SC(=N)C(N)=O)C1. The lowest BCUT2D eigenvalue weighted by Gasteiger charge is -2.21. The highest BCUT2D eigenvalue weighted by Crippen LogP contribution is 2.21. The van der Waals surface area contributed by atoms with Gasteiger partial charge in [-0.1, -0.05) is 17.8 Å². The predicted molar refractivity (Wildman–Crippen MR) is 54.7 cm³/mol. The second-order valence-electron chi connectivity index (χ2n) is 2.99. The molecule has 3 N–H and O–H groups in total. The number of rotatable bonds is 1. The van der Waals surface area contributed by atoms with E-state index in [2.05, 4.69) is 11.0 Å². The first-order chi connectivity index (χ1) is 6.09. The van der Waals surface area contributed by atoms with E-state index in [1.807, 2.05) is 7.05 Å². The fourth-order valence-corrected chi connectivity index (χ4v) is 1.96. The fourth-order valence-electron chi connectivity index (χ4n) is 1.11. The van der Waals surface area contributed by atoms with Crippen LogP contribution in [0.3, 0.4) is 0 Å². The molecule has 0 aromatic rings. The van der Waals surface area contributed by atoms with Gasteiger partial charge >= 0.3 is 0 Å². The van der Waals surface area contributed by atoms with Crippen LogP contribution in [0.1, 0.15) is 6.42 Å². The minimum atomic E-state index is -0.654. The lowest BCUT2D eigenvalue weighted by molar-refractivity contribution is -0.111. The molecule has 0 aromatic carbocycles. The Morgan fingerprint density at radius 2 is 2.46 bits per heavy atom. The fraction of sp³-hybridized carbons (Fsp3) is 0.500. The van der Waals surface area contributed by atoms with Crippen molar-refractivity contribution < 1.29 is 4.79 Å². The van der Waals surface area contributed by atoms with Gasteiger partial charge in [-0.2, -0.15) is 0 Å². The Balaban J connectivity index is 2.49. The van der Waals surface area contributed by atoms with Gasteiger partial charge in [0.05, 0.1) is 0 Å². The highest BCUT2D eigenvalue weighted by atomic mass is 32.2. The van der Waals surface area contributed by atoms with Crippen LogP contribution in [0.4, 0.5) is 0 Å². The van der Waals surface area contributed by atoms with Crippen LogP contribution in [0, 0.1) is 5.41 Å². The average molecular weight is 199 g/mol. The topological polar surface area (TPSA) is 70.2 Å². The number of hydrogen-bond donors (Lipinski definition) is 2. The molecule has 0 fully saturated rings. The maximum Gasteiger partial charge on any atom is 0.273 e. The Morgan fingerprint density at radius 1 is 1.77 bits per heavy atom. The number of thioether (sulfide) groups is 1. The number of carbonyl (C=O) groups is 1. The summed E-state index contributed by atoms with van der Waals surface area (Å²) >= 11 is 1.16. The van der Waals surface area contributed by atoms with Crippen molar-refractivity contribution in [1.29, 1.82) is 5.41 Å². The number of hydrogen-bond acceptors (Lipinski definition) is 4. The second-order valence-corrected chi connectivity index (χ2v) is 4.13. The molecule has 13 heavy (non-hydrogen) atoms. The molecule has 0 spiro atoms. The van der Waals surface area contributed by atoms with E-state index in [1.54, 1.807) is 0 Å². The monoisotopic (exact) mass is 199 g/mol. The standard InChI is InChI=1S/C8H13N3OS/c1-11-4-2-3-6(5-11)13-8(10)7(9)12/h3,10H,2,4-5H2,1H3,(H2,9,12). The average Bonchev–Trinajstić information content (AvgIpc) is 2.04. The summed E-state index contributed by atoms with van der Waals surface area (Å²) in [6.45, 7) is 1.84.